The van der Waals surface area contributed by atoms with E-state index in [0.717, 1.165) is 22.3 Å². The summed E-state index contributed by atoms with van der Waals surface area (Å²) in [5, 5.41) is 0. The third-order valence-corrected chi connectivity index (χ3v) is 12.9. The van der Waals surface area contributed by atoms with Gasteiger partial charge in [-0.25, -0.2) is 14.4 Å². The molecular weight excluding hydrogens is 969 g/mol. The molecule has 392 valence electrons. The zero-order chi connectivity index (χ0) is 52.3. The Bertz CT molecular complexity index is 2830. The number of rotatable bonds is 24. The van der Waals surface area contributed by atoms with Crippen molar-refractivity contribution in [2.45, 2.75) is 87.8 Å². The van der Waals surface area contributed by atoms with Crippen LogP contribution in [0.3, 0.4) is 0 Å². The van der Waals surface area contributed by atoms with Gasteiger partial charge in [0.05, 0.1) is 56.3 Å². The van der Waals surface area contributed by atoms with E-state index in [1.54, 1.807) is 91.0 Å². The van der Waals surface area contributed by atoms with Crippen molar-refractivity contribution in [2.75, 3.05) is 20.3 Å². The van der Waals surface area contributed by atoms with Crippen LogP contribution in [0.15, 0.2) is 212 Å². The molecule has 14 nitrogen and oxygen atoms in total. The Morgan fingerprint density at radius 3 is 1.26 bits per heavy atom. The van der Waals surface area contributed by atoms with Crippen LogP contribution < -0.4 is 0 Å². The summed E-state index contributed by atoms with van der Waals surface area (Å²) in [5.74, 6) is -2.32. The fraction of sp³-hybridized carbons (Fsp3) is 0.274. The fourth-order valence-electron chi connectivity index (χ4n) is 8.96. The average molecular weight is 1030 g/mol. The zero-order valence-corrected chi connectivity index (χ0v) is 41.9. The van der Waals surface area contributed by atoms with Crippen LogP contribution >= 0.6 is 0 Å². The summed E-state index contributed by atoms with van der Waals surface area (Å²) in [4.78, 5) is 42.2. The van der Waals surface area contributed by atoms with Crippen LogP contribution in [0.5, 0.6) is 0 Å². The van der Waals surface area contributed by atoms with E-state index in [0.29, 0.717) is 6.61 Å². The zero-order valence-electron chi connectivity index (χ0n) is 41.9. The molecule has 7 aromatic rings. The van der Waals surface area contributed by atoms with Gasteiger partial charge < -0.3 is 52.1 Å². The van der Waals surface area contributed by atoms with E-state index in [2.05, 4.69) is 0 Å². The predicted octanol–water partition coefficient (Wildman–Crippen LogP) is 9.75. The summed E-state index contributed by atoms with van der Waals surface area (Å²) in [7, 11) is 1.36. The van der Waals surface area contributed by atoms with Crippen molar-refractivity contribution in [1.29, 1.82) is 0 Å². The number of methoxy groups -OCH3 is 1. The molecule has 14 heteroatoms. The predicted molar refractivity (Wildman–Crippen MR) is 278 cm³/mol. The smallest absolute Gasteiger partial charge is 0.338 e. The van der Waals surface area contributed by atoms with Crippen molar-refractivity contribution in [3.63, 3.8) is 0 Å². The molecule has 0 aliphatic carbocycles. The van der Waals surface area contributed by atoms with Crippen LogP contribution in [0.1, 0.15) is 53.3 Å². The van der Waals surface area contributed by atoms with Gasteiger partial charge in [-0.3, -0.25) is 0 Å². The van der Waals surface area contributed by atoms with Gasteiger partial charge in [0.25, 0.3) is 0 Å². The van der Waals surface area contributed by atoms with Crippen LogP contribution in [0.25, 0.3) is 0 Å². The molecule has 0 radical (unpaired) electrons. The monoisotopic (exact) mass is 1030 g/mol. The van der Waals surface area contributed by atoms with Gasteiger partial charge >= 0.3 is 17.9 Å². The third-order valence-electron chi connectivity index (χ3n) is 12.9. The highest BCUT2D eigenvalue weighted by Crippen LogP contribution is 2.36. The van der Waals surface area contributed by atoms with Crippen molar-refractivity contribution >= 4 is 17.9 Å². The molecule has 0 spiro atoms. The molecule has 2 aliphatic heterocycles. The van der Waals surface area contributed by atoms with Gasteiger partial charge in [-0.15, -0.1) is 0 Å². The van der Waals surface area contributed by atoms with Gasteiger partial charge in [0, 0.05) is 7.11 Å². The molecule has 76 heavy (non-hydrogen) atoms. The van der Waals surface area contributed by atoms with E-state index >= 15 is 0 Å². The van der Waals surface area contributed by atoms with E-state index in [1.165, 1.54) is 7.11 Å². The molecule has 10 atom stereocenters. The summed E-state index contributed by atoms with van der Waals surface area (Å²) in [6.45, 7) is 0.625. The lowest BCUT2D eigenvalue weighted by molar-refractivity contribution is -0.303. The molecule has 2 heterocycles. The summed E-state index contributed by atoms with van der Waals surface area (Å²) < 4.78 is 71.9. The lowest BCUT2D eigenvalue weighted by Gasteiger charge is -2.44. The Morgan fingerprint density at radius 1 is 0.408 bits per heavy atom. The average Bonchev–Trinajstić information content (AvgIpc) is 3.83. The van der Waals surface area contributed by atoms with Gasteiger partial charge in [-0.05, 0) is 58.7 Å². The minimum Gasteiger partial charge on any atom is -0.452 e. The molecule has 0 amide bonds. The van der Waals surface area contributed by atoms with Crippen LogP contribution in [0, 0.1) is 0 Å². The normalized spacial score (nSPS) is 22.5. The number of esters is 3. The number of carbonyl (C=O) groups is 3. The molecule has 2 aliphatic rings. The molecule has 2 fully saturated rings. The lowest BCUT2D eigenvalue weighted by atomic mass is 9.97. The summed E-state index contributed by atoms with van der Waals surface area (Å²) in [5.41, 5.74) is 4.33. The lowest BCUT2D eigenvalue weighted by Crippen LogP contribution is -2.63. The van der Waals surface area contributed by atoms with E-state index in [4.69, 9.17) is 52.1 Å². The number of hydrogen-bond donors (Lipinski definition) is 0. The van der Waals surface area contributed by atoms with Crippen molar-refractivity contribution in [3.8, 4) is 0 Å². The van der Waals surface area contributed by atoms with Crippen molar-refractivity contribution < 1.29 is 66.5 Å². The van der Waals surface area contributed by atoms with Crippen molar-refractivity contribution in [1.82, 2.24) is 0 Å². The largest absolute Gasteiger partial charge is 0.452 e. The number of carbonyl (C=O) groups excluding carboxylic acids is 3. The van der Waals surface area contributed by atoms with Crippen molar-refractivity contribution in [2.24, 2.45) is 0 Å². The second-order valence-electron chi connectivity index (χ2n) is 18.1. The number of ether oxygens (including phenoxy) is 11. The summed E-state index contributed by atoms with van der Waals surface area (Å²) in [6.07, 6.45) is -11.6. The second-order valence-corrected chi connectivity index (χ2v) is 18.1. The highest BCUT2D eigenvalue weighted by molar-refractivity contribution is 5.91. The van der Waals surface area contributed by atoms with E-state index in [1.807, 2.05) is 121 Å². The first-order chi connectivity index (χ1) is 37.4. The Labute approximate surface area is 442 Å². The minimum absolute atomic E-state index is 0.103. The fourth-order valence-corrected chi connectivity index (χ4v) is 8.96. The second kappa shape index (κ2) is 27.4. The van der Waals surface area contributed by atoms with Crippen LogP contribution in [0.2, 0.25) is 0 Å². The van der Waals surface area contributed by atoms with Gasteiger partial charge in [-0.2, -0.15) is 0 Å². The molecule has 0 bridgehead atoms. The maximum atomic E-state index is 14.2. The Balaban J connectivity index is 1.07. The molecule has 7 aromatic carbocycles. The quantitative estimate of drug-likeness (QED) is 0.0417. The summed E-state index contributed by atoms with van der Waals surface area (Å²) >= 11 is 0. The Morgan fingerprint density at radius 2 is 0.803 bits per heavy atom. The highest BCUT2D eigenvalue weighted by atomic mass is 16.8. The molecule has 0 unspecified atom stereocenters. The topological polar surface area (TPSA) is 153 Å². The van der Waals surface area contributed by atoms with Crippen LogP contribution in [-0.4, -0.2) is 99.6 Å². The summed E-state index contributed by atoms with van der Waals surface area (Å²) in [6, 6.07) is 64.0. The van der Waals surface area contributed by atoms with E-state index in [9.17, 15) is 14.4 Å². The van der Waals surface area contributed by atoms with Gasteiger partial charge in [0.2, 0.25) is 0 Å². The minimum atomic E-state index is -1.51. The standard InChI is InChI=1S/C62H60O14/c1-66-61-57(75-60(65)49-35-21-8-22-36-49)55(74-59(64)48-33-19-7-20-34-48)53(73-58(63)47-31-17-6-18-32-47)51(72-61)42-71-62-56(70-40-46-29-15-5-16-30-46)54(69-39-45-27-13-4-14-28-45)52(76-62)50(68-38-44-25-11-3-12-26-44)41-67-37-43-23-9-2-10-24-43/h2-36,50-57,61-62H,37-42H2,1H3/t50-,51-,52+,53-,54+,55+,56-,57+,61+,62+/m1/s1. The SMILES string of the molecule is CO[C@H]1O[C@H](CO[C@H]2O[C@@H]([C@@H](COCc3ccccc3)OCc3ccccc3)[C@H](OCc3ccccc3)[C@H]2OCc2ccccc2)[C@@H](OC(=O)c2ccccc2)[C@H](OC(=O)c2ccccc2)[C@@H]1OC(=O)c1ccccc1. The van der Waals surface area contributed by atoms with Crippen LogP contribution in [-0.2, 0) is 78.5 Å². The molecule has 9 rings (SSSR count). The maximum absolute atomic E-state index is 14.2. The van der Waals surface area contributed by atoms with E-state index in [-0.39, 0.29) is 49.7 Å². The molecule has 2 saturated heterocycles. The third kappa shape index (κ3) is 14.5. The van der Waals surface area contributed by atoms with E-state index < -0.39 is 79.3 Å². The Kier molecular flexibility index (Phi) is 19.3. The molecule has 0 N–H and O–H groups in total. The van der Waals surface area contributed by atoms with Crippen molar-refractivity contribution in [3.05, 3.63) is 251 Å². The van der Waals surface area contributed by atoms with Gasteiger partial charge in [-0.1, -0.05) is 176 Å². The van der Waals surface area contributed by atoms with Gasteiger partial charge in [0.15, 0.2) is 30.9 Å². The molecular formula is C62H60O14. The maximum Gasteiger partial charge on any atom is 0.338 e. The number of hydrogen-bond acceptors (Lipinski definition) is 14. The Hall–Kier alpha value is -7.37. The first-order valence-electron chi connectivity index (χ1n) is 25.2. The first-order valence-corrected chi connectivity index (χ1v) is 25.2. The number of benzene rings is 7. The van der Waals surface area contributed by atoms with Crippen LogP contribution in [0.4, 0.5) is 0 Å². The first kappa shape index (κ1) is 53.5. The molecule has 0 aromatic heterocycles. The van der Waals surface area contributed by atoms with Gasteiger partial charge in [0.1, 0.15) is 30.5 Å². The molecule has 0 saturated carbocycles. The highest BCUT2D eigenvalue weighted by Gasteiger charge is 2.55.